The molecule has 0 heterocycles. The van der Waals surface area contributed by atoms with Crippen LogP contribution in [0.15, 0.2) is 48.5 Å². The molecule has 2 aromatic rings. The topological polar surface area (TPSA) is 67.9 Å². The first-order valence-corrected chi connectivity index (χ1v) is 9.30. The summed E-state index contributed by atoms with van der Waals surface area (Å²) in [7, 11) is 3.24. The van der Waals surface area contributed by atoms with Crippen molar-refractivity contribution in [3.63, 3.8) is 0 Å². The molecule has 0 atom stereocenters. The third-order valence-electron chi connectivity index (χ3n) is 4.55. The molecule has 0 aliphatic rings. The lowest BCUT2D eigenvalue weighted by Gasteiger charge is -2.21. The second-order valence-corrected chi connectivity index (χ2v) is 6.44. The van der Waals surface area contributed by atoms with Crippen molar-refractivity contribution in [2.45, 2.75) is 26.3 Å². The van der Waals surface area contributed by atoms with E-state index in [2.05, 4.69) is 5.32 Å². The van der Waals surface area contributed by atoms with Gasteiger partial charge in [-0.1, -0.05) is 30.3 Å². The number of methoxy groups -OCH3 is 2. The number of ether oxygens (including phenoxy) is 2. The zero-order valence-electron chi connectivity index (χ0n) is 16.7. The Morgan fingerprint density at radius 2 is 1.68 bits per heavy atom. The van der Waals surface area contributed by atoms with Gasteiger partial charge in [0.25, 0.3) is 0 Å². The predicted molar refractivity (Wildman–Crippen MR) is 108 cm³/mol. The number of hydrogen-bond acceptors (Lipinski definition) is 4. The third kappa shape index (κ3) is 6.61. The summed E-state index contributed by atoms with van der Waals surface area (Å²) < 4.78 is 10.4. The highest BCUT2D eigenvalue weighted by atomic mass is 16.5. The Balaban J connectivity index is 1.79. The number of rotatable bonds is 10. The van der Waals surface area contributed by atoms with E-state index in [1.165, 1.54) is 6.92 Å². The monoisotopic (exact) mass is 384 g/mol. The molecule has 0 saturated carbocycles. The van der Waals surface area contributed by atoms with E-state index in [0.717, 1.165) is 29.0 Å². The maximum absolute atomic E-state index is 12.2. The number of amides is 2. The lowest BCUT2D eigenvalue weighted by molar-refractivity contribution is -0.129. The molecule has 1 N–H and O–H groups in total. The molecule has 0 aliphatic heterocycles. The van der Waals surface area contributed by atoms with Gasteiger partial charge in [-0.15, -0.1) is 0 Å². The fourth-order valence-electron chi connectivity index (χ4n) is 2.85. The minimum Gasteiger partial charge on any atom is -0.497 e. The largest absolute Gasteiger partial charge is 0.497 e. The van der Waals surface area contributed by atoms with Gasteiger partial charge in [-0.3, -0.25) is 9.59 Å². The molecule has 0 fully saturated rings. The van der Waals surface area contributed by atoms with Crippen molar-refractivity contribution in [1.29, 1.82) is 0 Å². The summed E-state index contributed by atoms with van der Waals surface area (Å²) in [4.78, 5) is 25.8. The van der Waals surface area contributed by atoms with Crippen LogP contribution in [-0.2, 0) is 22.6 Å². The highest BCUT2D eigenvalue weighted by Crippen LogP contribution is 2.16. The first-order valence-electron chi connectivity index (χ1n) is 9.30. The maximum Gasteiger partial charge on any atom is 0.222 e. The Kier molecular flexibility index (Phi) is 8.34. The molecular weight excluding hydrogens is 356 g/mol. The molecule has 6 heteroatoms. The molecule has 28 heavy (non-hydrogen) atoms. The van der Waals surface area contributed by atoms with Crippen molar-refractivity contribution >= 4 is 11.8 Å². The van der Waals surface area contributed by atoms with Gasteiger partial charge in [-0.05, 0) is 30.2 Å². The second-order valence-electron chi connectivity index (χ2n) is 6.44. The van der Waals surface area contributed by atoms with Gasteiger partial charge in [0.05, 0.1) is 14.2 Å². The average Bonchev–Trinajstić information content (AvgIpc) is 2.72. The van der Waals surface area contributed by atoms with Crippen molar-refractivity contribution in [2.75, 3.05) is 27.3 Å². The molecule has 2 rings (SSSR count). The second kappa shape index (κ2) is 11.0. The molecular formula is C22H28N2O4. The Morgan fingerprint density at radius 3 is 2.32 bits per heavy atom. The summed E-state index contributed by atoms with van der Waals surface area (Å²) in [5.41, 5.74) is 2.04. The van der Waals surface area contributed by atoms with Crippen LogP contribution in [0, 0.1) is 0 Å². The standard InChI is InChI=1S/C22H28N2O4/c1-17(25)24(14-12-18-8-10-20(27-2)11-9-18)15-13-22(26)23-16-19-6-4-5-7-21(19)28-3/h4-11H,12-16H2,1-3H3,(H,23,26). The molecule has 150 valence electrons. The highest BCUT2D eigenvalue weighted by Gasteiger charge is 2.12. The van der Waals surface area contributed by atoms with E-state index < -0.39 is 0 Å². The van der Waals surface area contributed by atoms with Crippen molar-refractivity contribution in [3.05, 3.63) is 59.7 Å². The predicted octanol–water partition coefficient (Wildman–Crippen LogP) is 2.80. The van der Waals surface area contributed by atoms with Crippen LogP contribution in [0.25, 0.3) is 0 Å². The van der Waals surface area contributed by atoms with Crippen LogP contribution in [0.4, 0.5) is 0 Å². The van der Waals surface area contributed by atoms with E-state index in [9.17, 15) is 9.59 Å². The van der Waals surface area contributed by atoms with Crippen LogP contribution in [0.3, 0.4) is 0 Å². The van der Waals surface area contributed by atoms with Gasteiger partial charge in [-0.2, -0.15) is 0 Å². The summed E-state index contributed by atoms with van der Waals surface area (Å²) in [5, 5.41) is 2.88. The van der Waals surface area contributed by atoms with E-state index >= 15 is 0 Å². The van der Waals surface area contributed by atoms with Gasteiger partial charge in [0.1, 0.15) is 11.5 Å². The Morgan fingerprint density at radius 1 is 0.964 bits per heavy atom. The highest BCUT2D eigenvalue weighted by molar-refractivity contribution is 5.78. The number of nitrogens with zero attached hydrogens (tertiary/aromatic N) is 1. The zero-order valence-corrected chi connectivity index (χ0v) is 16.7. The quantitative estimate of drug-likeness (QED) is 0.684. The summed E-state index contributed by atoms with van der Waals surface area (Å²) in [6.45, 7) is 2.89. The molecule has 0 aromatic heterocycles. The van der Waals surface area contributed by atoms with Gasteiger partial charge in [0.2, 0.25) is 11.8 Å². The van der Waals surface area contributed by atoms with Crippen molar-refractivity contribution in [2.24, 2.45) is 0 Å². The average molecular weight is 384 g/mol. The lowest BCUT2D eigenvalue weighted by Crippen LogP contribution is -2.35. The molecule has 0 unspecified atom stereocenters. The Hall–Kier alpha value is -3.02. The van der Waals surface area contributed by atoms with E-state index in [0.29, 0.717) is 19.6 Å². The van der Waals surface area contributed by atoms with E-state index in [1.807, 2.05) is 48.5 Å². The molecule has 0 spiro atoms. The molecule has 2 aromatic carbocycles. The maximum atomic E-state index is 12.2. The number of para-hydroxylation sites is 1. The fraction of sp³-hybridized carbons (Fsp3) is 0.364. The first-order chi connectivity index (χ1) is 13.5. The SMILES string of the molecule is COc1ccc(CCN(CCC(=O)NCc2ccccc2OC)C(C)=O)cc1. The molecule has 6 nitrogen and oxygen atoms in total. The molecule has 0 radical (unpaired) electrons. The van der Waals surface area contributed by atoms with Crippen LogP contribution >= 0.6 is 0 Å². The molecule has 0 aliphatic carbocycles. The normalized spacial score (nSPS) is 10.2. The fourth-order valence-corrected chi connectivity index (χ4v) is 2.85. The minimum atomic E-state index is -0.0957. The summed E-state index contributed by atoms with van der Waals surface area (Å²) >= 11 is 0. The van der Waals surface area contributed by atoms with E-state index in [-0.39, 0.29) is 18.2 Å². The van der Waals surface area contributed by atoms with Crippen LogP contribution in [-0.4, -0.2) is 44.0 Å². The van der Waals surface area contributed by atoms with Crippen LogP contribution < -0.4 is 14.8 Å². The summed E-state index contributed by atoms with van der Waals surface area (Å²) in [6, 6.07) is 15.3. The Bertz CT molecular complexity index is 774. The van der Waals surface area contributed by atoms with Crippen LogP contribution in [0.5, 0.6) is 11.5 Å². The van der Waals surface area contributed by atoms with Crippen molar-refractivity contribution < 1.29 is 19.1 Å². The van der Waals surface area contributed by atoms with Crippen molar-refractivity contribution in [3.8, 4) is 11.5 Å². The number of benzene rings is 2. The first kappa shape index (κ1) is 21.3. The summed E-state index contributed by atoms with van der Waals surface area (Å²) in [6.07, 6.45) is 0.990. The minimum absolute atomic E-state index is 0.0361. The molecule has 2 amide bonds. The smallest absolute Gasteiger partial charge is 0.222 e. The molecule has 0 saturated heterocycles. The van der Waals surface area contributed by atoms with Crippen LogP contribution in [0.1, 0.15) is 24.5 Å². The summed E-state index contributed by atoms with van der Waals surface area (Å²) in [5.74, 6) is 1.42. The number of carbonyl (C=O) groups is 2. The lowest BCUT2D eigenvalue weighted by atomic mass is 10.1. The van der Waals surface area contributed by atoms with Gasteiger partial charge in [-0.25, -0.2) is 0 Å². The van der Waals surface area contributed by atoms with E-state index in [4.69, 9.17) is 9.47 Å². The van der Waals surface area contributed by atoms with Gasteiger partial charge < -0.3 is 19.7 Å². The zero-order chi connectivity index (χ0) is 20.4. The number of nitrogens with one attached hydrogen (secondary N) is 1. The van der Waals surface area contributed by atoms with Crippen molar-refractivity contribution in [1.82, 2.24) is 10.2 Å². The number of hydrogen-bond donors (Lipinski definition) is 1. The van der Waals surface area contributed by atoms with Gasteiger partial charge in [0, 0.05) is 38.5 Å². The molecule has 0 bridgehead atoms. The Labute approximate surface area is 166 Å². The third-order valence-corrected chi connectivity index (χ3v) is 4.55. The van der Waals surface area contributed by atoms with Crippen LogP contribution in [0.2, 0.25) is 0 Å². The van der Waals surface area contributed by atoms with Gasteiger partial charge in [0.15, 0.2) is 0 Å². The van der Waals surface area contributed by atoms with Gasteiger partial charge >= 0.3 is 0 Å². The van der Waals surface area contributed by atoms with E-state index in [1.54, 1.807) is 19.1 Å². The number of carbonyl (C=O) groups excluding carboxylic acids is 2.